The van der Waals surface area contributed by atoms with Crippen LogP contribution in [0.25, 0.3) is 17.1 Å². The standard InChI is InChI=1S/C26H27N3O2S/c1-4-30-23-12-14-24(15-13-23)31-16-17-32-26-28-27-25(21-8-6-5-7-9-21)29(26)22-11-10-19(2)20(3)18-22/h5-15,18H,4,16-17H2,1-3H3. The van der Waals surface area contributed by atoms with E-state index < -0.39 is 0 Å². The van der Waals surface area contributed by atoms with E-state index in [9.17, 15) is 0 Å². The van der Waals surface area contributed by atoms with Gasteiger partial charge in [-0.25, -0.2) is 0 Å². The third-order valence-electron chi connectivity index (χ3n) is 5.13. The van der Waals surface area contributed by atoms with Crippen LogP contribution < -0.4 is 9.47 Å². The first-order chi connectivity index (χ1) is 15.7. The lowest BCUT2D eigenvalue weighted by Gasteiger charge is -2.12. The first-order valence-corrected chi connectivity index (χ1v) is 11.7. The zero-order chi connectivity index (χ0) is 22.3. The minimum Gasteiger partial charge on any atom is -0.494 e. The van der Waals surface area contributed by atoms with Gasteiger partial charge >= 0.3 is 0 Å². The van der Waals surface area contributed by atoms with Crippen LogP contribution in [0.5, 0.6) is 11.5 Å². The Morgan fingerprint density at radius 3 is 2.22 bits per heavy atom. The first kappa shape index (κ1) is 22.0. The van der Waals surface area contributed by atoms with Crippen LogP contribution in [0.2, 0.25) is 0 Å². The van der Waals surface area contributed by atoms with Crippen molar-refractivity contribution in [3.63, 3.8) is 0 Å². The fourth-order valence-electron chi connectivity index (χ4n) is 3.33. The van der Waals surface area contributed by atoms with Crippen molar-refractivity contribution in [1.82, 2.24) is 14.8 Å². The highest BCUT2D eigenvalue weighted by Gasteiger charge is 2.16. The Morgan fingerprint density at radius 1 is 0.812 bits per heavy atom. The van der Waals surface area contributed by atoms with Gasteiger partial charge in [0.25, 0.3) is 0 Å². The van der Waals surface area contributed by atoms with Gasteiger partial charge in [0.2, 0.25) is 0 Å². The van der Waals surface area contributed by atoms with Crippen molar-refractivity contribution in [1.29, 1.82) is 0 Å². The smallest absolute Gasteiger partial charge is 0.196 e. The van der Waals surface area contributed by atoms with Gasteiger partial charge in [0, 0.05) is 11.3 Å². The van der Waals surface area contributed by atoms with E-state index in [-0.39, 0.29) is 0 Å². The molecule has 0 spiro atoms. The quantitative estimate of drug-likeness (QED) is 0.229. The maximum absolute atomic E-state index is 5.90. The van der Waals surface area contributed by atoms with E-state index in [0.29, 0.717) is 13.2 Å². The molecule has 32 heavy (non-hydrogen) atoms. The number of hydrogen-bond acceptors (Lipinski definition) is 5. The molecule has 6 heteroatoms. The van der Waals surface area contributed by atoms with Crippen molar-refractivity contribution >= 4 is 11.8 Å². The molecule has 164 valence electrons. The normalized spacial score (nSPS) is 10.8. The predicted octanol–water partition coefficient (Wildman–Crippen LogP) is 6.12. The summed E-state index contributed by atoms with van der Waals surface area (Å²) in [6.07, 6.45) is 0. The summed E-state index contributed by atoms with van der Waals surface area (Å²) < 4.78 is 13.5. The predicted molar refractivity (Wildman–Crippen MR) is 130 cm³/mol. The summed E-state index contributed by atoms with van der Waals surface area (Å²) in [4.78, 5) is 0. The van der Waals surface area contributed by atoms with Crippen molar-refractivity contribution in [2.75, 3.05) is 19.0 Å². The Bertz CT molecular complexity index is 1160. The van der Waals surface area contributed by atoms with E-state index in [1.165, 1.54) is 11.1 Å². The zero-order valence-corrected chi connectivity index (χ0v) is 19.4. The summed E-state index contributed by atoms with van der Waals surface area (Å²) in [7, 11) is 0. The summed E-state index contributed by atoms with van der Waals surface area (Å²) in [5, 5.41) is 9.87. The van der Waals surface area contributed by atoms with Crippen LogP contribution in [0.3, 0.4) is 0 Å². The van der Waals surface area contributed by atoms with Crippen molar-refractivity contribution in [2.24, 2.45) is 0 Å². The van der Waals surface area contributed by atoms with Crippen LogP contribution in [-0.2, 0) is 0 Å². The average molecular weight is 446 g/mol. The summed E-state index contributed by atoms with van der Waals surface area (Å²) in [6, 6.07) is 24.3. The molecule has 0 aliphatic carbocycles. The highest BCUT2D eigenvalue weighted by atomic mass is 32.2. The molecule has 0 amide bonds. The molecule has 0 aliphatic rings. The Morgan fingerprint density at radius 2 is 1.53 bits per heavy atom. The summed E-state index contributed by atoms with van der Waals surface area (Å²) in [5.41, 5.74) is 4.61. The second kappa shape index (κ2) is 10.4. The number of hydrogen-bond donors (Lipinski definition) is 0. The molecular weight excluding hydrogens is 418 g/mol. The molecule has 0 saturated heterocycles. The second-order valence-corrected chi connectivity index (χ2v) is 8.44. The molecule has 0 bridgehead atoms. The second-order valence-electron chi connectivity index (χ2n) is 7.38. The van der Waals surface area contributed by atoms with Crippen molar-refractivity contribution in [2.45, 2.75) is 25.9 Å². The molecule has 0 atom stereocenters. The lowest BCUT2D eigenvalue weighted by Crippen LogP contribution is -2.04. The van der Waals surface area contributed by atoms with Crippen molar-refractivity contribution < 1.29 is 9.47 Å². The van der Waals surface area contributed by atoms with Crippen LogP contribution in [-0.4, -0.2) is 33.7 Å². The molecule has 0 saturated carbocycles. The van der Waals surface area contributed by atoms with E-state index in [2.05, 4.69) is 58.9 Å². The van der Waals surface area contributed by atoms with E-state index in [4.69, 9.17) is 9.47 Å². The van der Waals surface area contributed by atoms with Gasteiger partial charge in [-0.3, -0.25) is 4.57 Å². The van der Waals surface area contributed by atoms with Crippen LogP contribution in [0.4, 0.5) is 0 Å². The van der Waals surface area contributed by atoms with Gasteiger partial charge in [0.1, 0.15) is 11.5 Å². The van der Waals surface area contributed by atoms with Crippen LogP contribution in [0, 0.1) is 13.8 Å². The molecule has 4 aromatic rings. The summed E-state index contributed by atoms with van der Waals surface area (Å²) >= 11 is 1.64. The topological polar surface area (TPSA) is 49.2 Å². The monoisotopic (exact) mass is 445 g/mol. The highest BCUT2D eigenvalue weighted by Crippen LogP contribution is 2.29. The molecule has 0 N–H and O–H groups in total. The molecule has 0 aliphatic heterocycles. The zero-order valence-electron chi connectivity index (χ0n) is 18.6. The van der Waals surface area contributed by atoms with Gasteiger partial charge in [0.15, 0.2) is 11.0 Å². The molecule has 4 rings (SSSR count). The fraction of sp³-hybridized carbons (Fsp3) is 0.231. The average Bonchev–Trinajstić information content (AvgIpc) is 3.24. The van der Waals surface area contributed by atoms with Crippen LogP contribution >= 0.6 is 11.8 Å². The van der Waals surface area contributed by atoms with E-state index in [1.807, 2.05) is 49.4 Å². The Kier molecular flexibility index (Phi) is 7.12. The largest absolute Gasteiger partial charge is 0.494 e. The lowest BCUT2D eigenvalue weighted by molar-refractivity contribution is 0.332. The number of nitrogens with zero attached hydrogens (tertiary/aromatic N) is 3. The molecule has 0 radical (unpaired) electrons. The highest BCUT2D eigenvalue weighted by molar-refractivity contribution is 7.99. The third-order valence-corrected chi connectivity index (χ3v) is 6.03. The van der Waals surface area contributed by atoms with Crippen molar-refractivity contribution in [3.05, 3.63) is 83.9 Å². The summed E-state index contributed by atoms with van der Waals surface area (Å²) in [6.45, 7) is 7.45. The molecule has 0 fully saturated rings. The maximum atomic E-state index is 5.90. The number of aryl methyl sites for hydroxylation is 2. The Labute approximate surface area is 193 Å². The molecule has 5 nitrogen and oxygen atoms in total. The fourth-order valence-corrected chi connectivity index (χ4v) is 4.10. The Balaban J connectivity index is 1.50. The number of ether oxygens (including phenoxy) is 2. The van der Waals surface area contributed by atoms with Crippen LogP contribution in [0.15, 0.2) is 78.0 Å². The lowest BCUT2D eigenvalue weighted by atomic mass is 10.1. The molecule has 1 heterocycles. The number of benzene rings is 3. The molecule has 1 aromatic heterocycles. The van der Waals surface area contributed by atoms with E-state index in [1.54, 1.807) is 11.8 Å². The Hall–Kier alpha value is -3.25. The van der Waals surface area contributed by atoms with Gasteiger partial charge in [-0.1, -0.05) is 48.2 Å². The van der Waals surface area contributed by atoms with Gasteiger partial charge < -0.3 is 9.47 Å². The third kappa shape index (κ3) is 5.14. The van der Waals surface area contributed by atoms with E-state index >= 15 is 0 Å². The van der Waals surface area contributed by atoms with Gasteiger partial charge in [-0.15, -0.1) is 10.2 Å². The SMILES string of the molecule is CCOc1ccc(OCCSc2nnc(-c3ccccc3)n2-c2ccc(C)c(C)c2)cc1. The van der Waals surface area contributed by atoms with Gasteiger partial charge in [-0.2, -0.15) is 0 Å². The minimum absolute atomic E-state index is 0.569. The van der Waals surface area contributed by atoms with Crippen LogP contribution in [0.1, 0.15) is 18.1 Å². The maximum Gasteiger partial charge on any atom is 0.196 e. The molecule has 3 aromatic carbocycles. The minimum atomic E-state index is 0.569. The van der Waals surface area contributed by atoms with Crippen molar-refractivity contribution in [3.8, 4) is 28.6 Å². The summed E-state index contributed by atoms with van der Waals surface area (Å²) in [5.74, 6) is 3.27. The number of aromatic nitrogens is 3. The van der Waals surface area contributed by atoms with Gasteiger partial charge in [-0.05, 0) is 68.3 Å². The van der Waals surface area contributed by atoms with Gasteiger partial charge in [0.05, 0.1) is 18.9 Å². The molecular formula is C26H27N3O2S. The van der Waals surface area contributed by atoms with E-state index in [0.717, 1.165) is 39.5 Å². The molecule has 0 unspecified atom stereocenters. The number of thioether (sulfide) groups is 1. The first-order valence-electron chi connectivity index (χ1n) is 10.7. The number of rotatable bonds is 9.